The third-order valence-electron chi connectivity index (χ3n) is 3.37. The van der Waals surface area contributed by atoms with E-state index in [9.17, 15) is 9.90 Å². The molecule has 0 saturated heterocycles. The number of unbranched alkanes of at least 4 members (excludes halogenated alkanes) is 7. The Bertz CT molecular complexity index is 226. The third-order valence-corrected chi connectivity index (χ3v) is 3.37. The van der Waals surface area contributed by atoms with E-state index in [1.54, 1.807) is 0 Å². The number of hydrogen-bond acceptors (Lipinski definition) is 2. The molecule has 0 bridgehead atoms. The van der Waals surface area contributed by atoms with Gasteiger partial charge in [-0.25, -0.2) is 0 Å². The van der Waals surface area contributed by atoms with Gasteiger partial charge < -0.3 is 10.2 Å². The van der Waals surface area contributed by atoms with Gasteiger partial charge in [0.2, 0.25) is 0 Å². The lowest BCUT2D eigenvalue weighted by molar-refractivity contribution is -0.137. The number of carbonyl (C=O) groups is 1. The molecular weight excluding hydrogens is 240 g/mol. The van der Waals surface area contributed by atoms with Crippen molar-refractivity contribution in [2.45, 2.75) is 83.2 Å². The molecule has 1 atom stereocenters. The van der Waals surface area contributed by atoms with Crippen molar-refractivity contribution >= 4 is 5.97 Å². The quantitative estimate of drug-likeness (QED) is 0.365. The second-order valence-electron chi connectivity index (χ2n) is 5.28. The second-order valence-corrected chi connectivity index (χ2v) is 5.28. The van der Waals surface area contributed by atoms with Gasteiger partial charge in [-0.1, -0.05) is 44.6 Å². The fourth-order valence-corrected chi connectivity index (χ4v) is 2.18. The third kappa shape index (κ3) is 15.1. The molecule has 0 amide bonds. The van der Waals surface area contributed by atoms with Crippen LogP contribution in [0.1, 0.15) is 77.0 Å². The van der Waals surface area contributed by atoms with Crippen molar-refractivity contribution in [3.8, 4) is 0 Å². The van der Waals surface area contributed by atoms with Gasteiger partial charge in [-0.3, -0.25) is 4.79 Å². The minimum absolute atomic E-state index is 0.168. The molecule has 0 heterocycles. The minimum Gasteiger partial charge on any atom is -0.481 e. The summed E-state index contributed by atoms with van der Waals surface area (Å²) >= 11 is 0. The molecule has 0 aliphatic carbocycles. The van der Waals surface area contributed by atoms with Gasteiger partial charge in [-0.05, 0) is 32.1 Å². The van der Waals surface area contributed by atoms with Gasteiger partial charge in [0.25, 0.3) is 0 Å². The Kier molecular flexibility index (Phi) is 13.0. The molecule has 2 N–H and O–H groups in total. The van der Waals surface area contributed by atoms with Gasteiger partial charge in [0.1, 0.15) is 0 Å². The first-order valence-corrected chi connectivity index (χ1v) is 7.67. The molecule has 0 aromatic carbocycles. The molecule has 0 radical (unpaired) electrons. The number of hydrogen-bond donors (Lipinski definition) is 2. The number of aliphatic hydroxyl groups excluding tert-OH is 1. The van der Waals surface area contributed by atoms with Crippen LogP contribution in [0.5, 0.6) is 0 Å². The van der Waals surface area contributed by atoms with Gasteiger partial charge in [0, 0.05) is 6.42 Å². The molecule has 0 aromatic heterocycles. The number of carboxylic acids is 1. The fourth-order valence-electron chi connectivity index (χ4n) is 2.18. The molecule has 0 aromatic rings. The number of allylic oxidation sites excluding steroid dienone is 1. The summed E-state index contributed by atoms with van der Waals surface area (Å²) in [5.74, 6) is -0.712. The standard InChI is InChI=1S/C16H30O3/c1-2-3-4-5-6-9-12-15(17)13-10-7-8-11-14-16(18)19/h2,15,17H,1,3-14H2,(H,18,19). The first kappa shape index (κ1) is 18.2. The van der Waals surface area contributed by atoms with Crippen LogP contribution in [0.3, 0.4) is 0 Å². The lowest BCUT2D eigenvalue weighted by atomic mass is 10.0. The second kappa shape index (κ2) is 13.6. The molecule has 3 nitrogen and oxygen atoms in total. The average Bonchev–Trinajstić information content (AvgIpc) is 2.37. The predicted molar refractivity (Wildman–Crippen MR) is 79.2 cm³/mol. The van der Waals surface area contributed by atoms with Gasteiger partial charge in [0.15, 0.2) is 0 Å². The van der Waals surface area contributed by atoms with E-state index >= 15 is 0 Å². The smallest absolute Gasteiger partial charge is 0.303 e. The number of rotatable bonds is 14. The van der Waals surface area contributed by atoms with E-state index in [0.29, 0.717) is 0 Å². The average molecular weight is 270 g/mol. The Morgan fingerprint density at radius 3 is 2.00 bits per heavy atom. The van der Waals surface area contributed by atoms with Crippen LogP contribution >= 0.6 is 0 Å². The SMILES string of the molecule is C=CCCCCCCC(O)CCCCCCC(=O)O. The van der Waals surface area contributed by atoms with Crippen LogP contribution in [0.2, 0.25) is 0 Å². The molecule has 0 saturated carbocycles. The number of aliphatic carboxylic acids is 1. The molecule has 0 aliphatic heterocycles. The van der Waals surface area contributed by atoms with E-state index in [0.717, 1.165) is 51.4 Å². The monoisotopic (exact) mass is 270 g/mol. The topological polar surface area (TPSA) is 57.5 Å². The van der Waals surface area contributed by atoms with Crippen LogP contribution in [0.4, 0.5) is 0 Å². The lowest BCUT2D eigenvalue weighted by Gasteiger charge is -2.10. The molecule has 3 heteroatoms. The highest BCUT2D eigenvalue weighted by atomic mass is 16.4. The maximum Gasteiger partial charge on any atom is 0.303 e. The van der Waals surface area contributed by atoms with Crippen molar-refractivity contribution < 1.29 is 15.0 Å². The highest BCUT2D eigenvalue weighted by molar-refractivity contribution is 5.66. The van der Waals surface area contributed by atoms with E-state index < -0.39 is 5.97 Å². The molecule has 0 fully saturated rings. The molecular formula is C16H30O3. The summed E-state index contributed by atoms with van der Waals surface area (Å²) < 4.78 is 0. The molecule has 0 spiro atoms. The van der Waals surface area contributed by atoms with Crippen LogP contribution in [0.25, 0.3) is 0 Å². The lowest BCUT2D eigenvalue weighted by Crippen LogP contribution is -2.06. The normalized spacial score (nSPS) is 12.3. The van der Waals surface area contributed by atoms with E-state index in [-0.39, 0.29) is 12.5 Å². The minimum atomic E-state index is -0.712. The van der Waals surface area contributed by atoms with Crippen LogP contribution < -0.4 is 0 Å². The van der Waals surface area contributed by atoms with Crippen LogP contribution in [0, 0.1) is 0 Å². The first-order chi connectivity index (χ1) is 9.16. The molecule has 1 unspecified atom stereocenters. The summed E-state index contributed by atoms with van der Waals surface area (Å²) in [6, 6.07) is 0. The zero-order chi connectivity index (χ0) is 14.3. The fraction of sp³-hybridized carbons (Fsp3) is 0.812. The number of carboxylic acid groups (broad SMARTS) is 1. The molecule has 0 rings (SSSR count). The number of aliphatic hydroxyl groups is 1. The van der Waals surface area contributed by atoms with Crippen molar-refractivity contribution in [3.63, 3.8) is 0 Å². The highest BCUT2D eigenvalue weighted by Crippen LogP contribution is 2.13. The predicted octanol–water partition coefficient (Wildman–Crippen LogP) is 4.30. The van der Waals surface area contributed by atoms with Crippen molar-refractivity contribution in [1.82, 2.24) is 0 Å². The van der Waals surface area contributed by atoms with Crippen molar-refractivity contribution in [2.75, 3.05) is 0 Å². The van der Waals surface area contributed by atoms with E-state index in [1.807, 2.05) is 6.08 Å². The zero-order valence-electron chi connectivity index (χ0n) is 12.1. The summed E-state index contributed by atoms with van der Waals surface area (Å²) in [6.45, 7) is 3.70. The van der Waals surface area contributed by atoms with Crippen molar-refractivity contribution in [1.29, 1.82) is 0 Å². The summed E-state index contributed by atoms with van der Waals surface area (Å²) in [7, 11) is 0. The van der Waals surface area contributed by atoms with Gasteiger partial charge in [0.05, 0.1) is 6.10 Å². The van der Waals surface area contributed by atoms with E-state index in [2.05, 4.69) is 6.58 Å². The largest absolute Gasteiger partial charge is 0.481 e. The van der Waals surface area contributed by atoms with Crippen molar-refractivity contribution in [3.05, 3.63) is 12.7 Å². The van der Waals surface area contributed by atoms with Crippen molar-refractivity contribution in [2.24, 2.45) is 0 Å². The summed E-state index contributed by atoms with van der Waals surface area (Å²) in [6.07, 6.45) is 13.4. The highest BCUT2D eigenvalue weighted by Gasteiger charge is 2.04. The molecule has 112 valence electrons. The Balaban J connectivity index is 3.18. The van der Waals surface area contributed by atoms with Gasteiger partial charge in [-0.15, -0.1) is 6.58 Å². The molecule has 0 aliphatic rings. The zero-order valence-corrected chi connectivity index (χ0v) is 12.1. The van der Waals surface area contributed by atoms with E-state index in [4.69, 9.17) is 5.11 Å². The van der Waals surface area contributed by atoms with Crippen LogP contribution in [-0.4, -0.2) is 22.3 Å². The van der Waals surface area contributed by atoms with Crippen LogP contribution in [0.15, 0.2) is 12.7 Å². The Morgan fingerprint density at radius 1 is 0.947 bits per heavy atom. The van der Waals surface area contributed by atoms with E-state index in [1.165, 1.54) is 19.3 Å². The maximum atomic E-state index is 10.3. The summed E-state index contributed by atoms with van der Waals surface area (Å²) in [4.78, 5) is 10.3. The summed E-state index contributed by atoms with van der Waals surface area (Å²) in [5, 5.41) is 18.3. The van der Waals surface area contributed by atoms with Crippen LogP contribution in [-0.2, 0) is 4.79 Å². The van der Waals surface area contributed by atoms with Gasteiger partial charge in [-0.2, -0.15) is 0 Å². The Hall–Kier alpha value is -0.830. The first-order valence-electron chi connectivity index (χ1n) is 7.67. The Morgan fingerprint density at radius 2 is 1.47 bits per heavy atom. The molecule has 19 heavy (non-hydrogen) atoms. The maximum absolute atomic E-state index is 10.3. The van der Waals surface area contributed by atoms with Gasteiger partial charge >= 0.3 is 5.97 Å². The summed E-state index contributed by atoms with van der Waals surface area (Å²) in [5.41, 5.74) is 0. The Labute approximate surface area is 117 Å².